The molecular weight excluding hydrogens is 291 g/mol. The van der Waals surface area contributed by atoms with Gasteiger partial charge < -0.3 is 4.74 Å². The summed E-state index contributed by atoms with van der Waals surface area (Å²) in [4.78, 5) is 13.9. The van der Waals surface area contributed by atoms with Gasteiger partial charge in [-0.25, -0.2) is 0 Å². The third kappa shape index (κ3) is 3.33. The molecule has 1 aromatic carbocycles. The van der Waals surface area contributed by atoms with E-state index in [9.17, 15) is 10.1 Å². The van der Waals surface area contributed by atoms with Crippen LogP contribution in [-0.2, 0) is 6.61 Å². The van der Waals surface area contributed by atoms with Crippen LogP contribution in [0.4, 0.5) is 5.69 Å². The third-order valence-electron chi connectivity index (χ3n) is 2.36. The Morgan fingerprint density at radius 1 is 1.32 bits per heavy atom. The van der Waals surface area contributed by atoms with E-state index in [0.717, 1.165) is 6.20 Å². The van der Waals surface area contributed by atoms with Crippen molar-refractivity contribution >= 4 is 28.9 Å². The van der Waals surface area contributed by atoms with E-state index in [1.807, 2.05) is 0 Å². The lowest BCUT2D eigenvalue weighted by Gasteiger charge is -2.08. The number of hydrogen-bond acceptors (Lipinski definition) is 4. The summed E-state index contributed by atoms with van der Waals surface area (Å²) in [5, 5.41) is 11.8. The first-order valence-corrected chi connectivity index (χ1v) is 5.98. The van der Waals surface area contributed by atoms with Crippen LogP contribution in [0.3, 0.4) is 0 Å². The monoisotopic (exact) mass is 298 g/mol. The normalized spacial score (nSPS) is 10.2. The highest BCUT2D eigenvalue weighted by molar-refractivity contribution is 6.35. The maximum Gasteiger partial charge on any atom is 0.329 e. The molecule has 19 heavy (non-hydrogen) atoms. The van der Waals surface area contributed by atoms with E-state index in [2.05, 4.69) is 4.98 Å². The highest BCUT2D eigenvalue weighted by atomic mass is 35.5. The van der Waals surface area contributed by atoms with Crippen molar-refractivity contribution in [2.45, 2.75) is 6.61 Å². The summed E-state index contributed by atoms with van der Waals surface area (Å²) in [7, 11) is 0. The minimum atomic E-state index is -0.550. The number of hydrogen-bond donors (Lipinski definition) is 0. The molecule has 0 atom stereocenters. The smallest absolute Gasteiger partial charge is 0.329 e. The van der Waals surface area contributed by atoms with E-state index in [4.69, 9.17) is 27.9 Å². The lowest BCUT2D eigenvalue weighted by Crippen LogP contribution is -2.00. The molecule has 1 heterocycles. The average Bonchev–Trinajstić information content (AvgIpc) is 2.38. The molecule has 1 aromatic heterocycles. The Bertz CT molecular complexity index is 620. The minimum absolute atomic E-state index is 0.112. The molecule has 0 bridgehead atoms. The van der Waals surface area contributed by atoms with Crippen molar-refractivity contribution in [2.24, 2.45) is 0 Å². The molecule has 7 heteroatoms. The fraction of sp³-hybridized carbons (Fsp3) is 0.0833. The SMILES string of the molecule is O=[N+]([O-])c1cnccc1OCc1ccc(Cl)cc1Cl. The largest absolute Gasteiger partial charge is 0.482 e. The van der Waals surface area contributed by atoms with Crippen LogP contribution in [0.5, 0.6) is 5.75 Å². The maximum absolute atomic E-state index is 10.8. The van der Waals surface area contributed by atoms with Crippen LogP contribution in [0.25, 0.3) is 0 Å². The fourth-order valence-electron chi connectivity index (χ4n) is 1.43. The first-order chi connectivity index (χ1) is 9.08. The Balaban J connectivity index is 2.17. The Morgan fingerprint density at radius 3 is 2.79 bits per heavy atom. The third-order valence-corrected chi connectivity index (χ3v) is 2.94. The lowest BCUT2D eigenvalue weighted by atomic mass is 10.2. The van der Waals surface area contributed by atoms with Gasteiger partial charge in [-0.2, -0.15) is 0 Å². The lowest BCUT2D eigenvalue weighted by molar-refractivity contribution is -0.386. The molecule has 98 valence electrons. The Kier molecular flexibility index (Phi) is 4.19. The number of pyridine rings is 1. The number of nitrogens with zero attached hydrogens (tertiary/aromatic N) is 2. The topological polar surface area (TPSA) is 65.3 Å². The molecule has 0 N–H and O–H groups in total. The summed E-state index contributed by atoms with van der Waals surface area (Å²) >= 11 is 11.8. The predicted molar refractivity (Wildman–Crippen MR) is 71.7 cm³/mol. The Morgan fingerprint density at radius 2 is 2.11 bits per heavy atom. The van der Waals surface area contributed by atoms with E-state index in [-0.39, 0.29) is 18.0 Å². The van der Waals surface area contributed by atoms with E-state index >= 15 is 0 Å². The van der Waals surface area contributed by atoms with E-state index in [1.54, 1.807) is 18.2 Å². The molecule has 0 saturated carbocycles. The molecule has 0 amide bonds. The van der Waals surface area contributed by atoms with Gasteiger partial charge in [0.05, 0.1) is 4.92 Å². The average molecular weight is 299 g/mol. The van der Waals surface area contributed by atoms with Crippen molar-refractivity contribution < 1.29 is 9.66 Å². The molecule has 0 saturated heterocycles. The molecule has 0 radical (unpaired) electrons. The van der Waals surface area contributed by atoms with Crippen molar-refractivity contribution in [3.05, 3.63) is 62.4 Å². The molecule has 0 unspecified atom stereocenters. The summed E-state index contributed by atoms with van der Waals surface area (Å²) in [5.74, 6) is 0.144. The summed E-state index contributed by atoms with van der Waals surface area (Å²) in [6.07, 6.45) is 2.56. The first kappa shape index (κ1) is 13.6. The summed E-state index contributed by atoms with van der Waals surface area (Å²) < 4.78 is 5.40. The van der Waals surface area contributed by atoms with Crippen LogP contribution >= 0.6 is 23.2 Å². The molecule has 0 aliphatic heterocycles. The van der Waals surface area contributed by atoms with E-state index in [1.165, 1.54) is 12.3 Å². The number of nitro groups is 1. The number of ether oxygens (including phenoxy) is 1. The summed E-state index contributed by atoms with van der Waals surface area (Å²) in [5.41, 5.74) is 0.504. The van der Waals surface area contributed by atoms with Gasteiger partial charge >= 0.3 is 5.69 Å². The molecule has 0 aliphatic carbocycles. The van der Waals surface area contributed by atoms with Gasteiger partial charge in [0.15, 0.2) is 0 Å². The van der Waals surface area contributed by atoms with Gasteiger partial charge in [-0.15, -0.1) is 0 Å². The van der Waals surface area contributed by atoms with Crippen molar-refractivity contribution in [3.8, 4) is 5.75 Å². The van der Waals surface area contributed by atoms with Crippen LogP contribution in [0.2, 0.25) is 10.0 Å². The molecule has 5 nitrogen and oxygen atoms in total. The van der Waals surface area contributed by atoms with Gasteiger partial charge in [0.25, 0.3) is 0 Å². The summed E-state index contributed by atoms with van der Waals surface area (Å²) in [6, 6.07) is 6.40. The van der Waals surface area contributed by atoms with Crippen LogP contribution in [0.1, 0.15) is 5.56 Å². The van der Waals surface area contributed by atoms with Gasteiger partial charge in [0, 0.05) is 27.9 Å². The fourth-order valence-corrected chi connectivity index (χ4v) is 1.89. The van der Waals surface area contributed by atoms with Crippen LogP contribution < -0.4 is 4.74 Å². The zero-order chi connectivity index (χ0) is 13.8. The van der Waals surface area contributed by atoms with Crippen molar-refractivity contribution in [2.75, 3.05) is 0 Å². The molecular formula is C12H8Cl2N2O3. The zero-order valence-corrected chi connectivity index (χ0v) is 11.1. The van der Waals surface area contributed by atoms with Crippen molar-refractivity contribution in [1.82, 2.24) is 4.98 Å². The molecule has 2 rings (SSSR count). The molecule has 0 aliphatic rings. The van der Waals surface area contributed by atoms with Gasteiger partial charge in [-0.05, 0) is 12.1 Å². The maximum atomic E-state index is 10.8. The second-order valence-electron chi connectivity index (χ2n) is 3.62. The van der Waals surface area contributed by atoms with E-state index in [0.29, 0.717) is 15.6 Å². The molecule has 0 fully saturated rings. The number of rotatable bonds is 4. The highest BCUT2D eigenvalue weighted by Gasteiger charge is 2.15. The highest BCUT2D eigenvalue weighted by Crippen LogP contribution is 2.27. The number of halogens is 2. The van der Waals surface area contributed by atoms with Crippen molar-refractivity contribution in [1.29, 1.82) is 0 Å². The summed E-state index contributed by atoms with van der Waals surface area (Å²) in [6.45, 7) is 0.112. The standard InChI is InChI=1S/C12H8Cl2N2O3/c13-9-2-1-8(10(14)5-9)7-19-12-3-4-15-6-11(12)16(17)18/h1-6H,7H2. The zero-order valence-electron chi connectivity index (χ0n) is 9.55. The Hall–Kier alpha value is -1.85. The van der Waals surface area contributed by atoms with Gasteiger partial charge in [0.1, 0.15) is 12.8 Å². The molecule has 0 spiro atoms. The molecule has 2 aromatic rings. The second kappa shape index (κ2) is 5.86. The van der Waals surface area contributed by atoms with Crippen LogP contribution in [-0.4, -0.2) is 9.91 Å². The quantitative estimate of drug-likeness (QED) is 0.635. The van der Waals surface area contributed by atoms with Crippen LogP contribution in [0.15, 0.2) is 36.7 Å². The minimum Gasteiger partial charge on any atom is -0.482 e. The van der Waals surface area contributed by atoms with Gasteiger partial charge in [0.2, 0.25) is 5.75 Å². The predicted octanol–water partition coefficient (Wildman–Crippen LogP) is 3.88. The van der Waals surface area contributed by atoms with Crippen LogP contribution in [0, 0.1) is 10.1 Å². The second-order valence-corrected chi connectivity index (χ2v) is 4.47. The van der Waals surface area contributed by atoms with Gasteiger partial charge in [-0.3, -0.25) is 15.1 Å². The Labute approximate surface area is 118 Å². The number of benzene rings is 1. The van der Waals surface area contributed by atoms with E-state index < -0.39 is 4.92 Å². The first-order valence-electron chi connectivity index (χ1n) is 5.23. The van der Waals surface area contributed by atoms with Gasteiger partial charge in [-0.1, -0.05) is 29.3 Å². The number of aromatic nitrogens is 1. The van der Waals surface area contributed by atoms with Crippen molar-refractivity contribution in [3.63, 3.8) is 0 Å².